The van der Waals surface area contributed by atoms with Crippen molar-refractivity contribution >= 4 is 21.5 Å². The van der Waals surface area contributed by atoms with Crippen molar-refractivity contribution in [1.29, 1.82) is 0 Å². The lowest BCUT2D eigenvalue weighted by Gasteiger charge is -2.10. The minimum Gasteiger partial charge on any atom is -0.294 e. The van der Waals surface area contributed by atoms with Gasteiger partial charge in [0.1, 0.15) is 0 Å². The van der Waals surface area contributed by atoms with Crippen LogP contribution in [0.5, 0.6) is 0 Å². The molecule has 0 aliphatic rings. The summed E-state index contributed by atoms with van der Waals surface area (Å²) in [7, 11) is -3.65. The van der Waals surface area contributed by atoms with E-state index in [0.29, 0.717) is 17.7 Å². The van der Waals surface area contributed by atoms with E-state index in [2.05, 4.69) is 4.72 Å². The van der Waals surface area contributed by atoms with Gasteiger partial charge in [-0.05, 0) is 49.2 Å². The van der Waals surface area contributed by atoms with Crippen molar-refractivity contribution in [2.75, 3.05) is 4.72 Å². The molecule has 0 saturated carbocycles. The van der Waals surface area contributed by atoms with Crippen LogP contribution in [0.4, 0.5) is 5.69 Å². The number of aryl methyl sites for hydroxylation is 2. The highest BCUT2D eigenvalue weighted by Gasteiger charge is 2.15. The number of benzene rings is 2. The van der Waals surface area contributed by atoms with Gasteiger partial charge < -0.3 is 0 Å². The Morgan fingerprint density at radius 1 is 1.00 bits per heavy atom. The summed E-state index contributed by atoms with van der Waals surface area (Å²) in [6.07, 6.45) is 0.396. The van der Waals surface area contributed by atoms with Gasteiger partial charge in [-0.15, -0.1) is 0 Å². The highest BCUT2D eigenvalue weighted by Crippen LogP contribution is 2.19. The molecule has 0 bridgehead atoms. The Morgan fingerprint density at radius 2 is 1.64 bits per heavy atom. The number of anilines is 1. The van der Waals surface area contributed by atoms with Gasteiger partial charge in [0.25, 0.3) is 10.0 Å². The summed E-state index contributed by atoms with van der Waals surface area (Å²) in [6, 6.07) is 11.4. The van der Waals surface area contributed by atoms with Crippen LogP contribution in [0.15, 0.2) is 47.4 Å². The molecule has 4 nitrogen and oxygen atoms in total. The maximum atomic E-state index is 12.4. The van der Waals surface area contributed by atoms with E-state index < -0.39 is 10.0 Å². The Bertz CT molecular complexity index is 793. The summed E-state index contributed by atoms with van der Waals surface area (Å²) in [5.74, 6) is -0.00827. The molecule has 0 aliphatic heterocycles. The number of carbonyl (C=O) groups excluding carboxylic acids is 1. The van der Waals surface area contributed by atoms with Gasteiger partial charge in [-0.3, -0.25) is 9.52 Å². The molecule has 0 heterocycles. The van der Waals surface area contributed by atoms with Gasteiger partial charge >= 0.3 is 0 Å². The van der Waals surface area contributed by atoms with E-state index in [1.807, 2.05) is 19.9 Å². The Kier molecular flexibility index (Phi) is 4.66. The van der Waals surface area contributed by atoms with Crippen LogP contribution in [-0.4, -0.2) is 14.2 Å². The van der Waals surface area contributed by atoms with Crippen LogP contribution in [0, 0.1) is 13.8 Å². The van der Waals surface area contributed by atoms with Crippen LogP contribution >= 0.6 is 0 Å². The fraction of sp³-hybridized carbons (Fsp3) is 0.235. The molecule has 0 spiro atoms. The molecule has 0 atom stereocenters. The van der Waals surface area contributed by atoms with Crippen LogP contribution in [0.2, 0.25) is 0 Å². The Labute approximate surface area is 131 Å². The summed E-state index contributed by atoms with van der Waals surface area (Å²) in [6.45, 7) is 5.67. The maximum Gasteiger partial charge on any atom is 0.261 e. The number of hydrogen-bond donors (Lipinski definition) is 1. The predicted octanol–water partition coefficient (Wildman–Crippen LogP) is 3.70. The SMILES string of the molecule is CCC(=O)c1ccc(S(=O)(=O)Nc2ccc(C)c(C)c2)cc1. The monoisotopic (exact) mass is 317 g/mol. The van der Waals surface area contributed by atoms with E-state index in [-0.39, 0.29) is 10.7 Å². The lowest BCUT2D eigenvalue weighted by molar-refractivity contribution is 0.0988. The van der Waals surface area contributed by atoms with E-state index >= 15 is 0 Å². The van der Waals surface area contributed by atoms with Crippen LogP contribution in [0.25, 0.3) is 0 Å². The molecule has 0 aromatic heterocycles. The van der Waals surface area contributed by atoms with Crippen LogP contribution in [0.3, 0.4) is 0 Å². The fourth-order valence-corrected chi connectivity index (χ4v) is 3.09. The fourth-order valence-electron chi connectivity index (χ4n) is 2.04. The quantitative estimate of drug-likeness (QED) is 0.855. The zero-order valence-electron chi connectivity index (χ0n) is 12.9. The average molecular weight is 317 g/mol. The predicted molar refractivity (Wildman–Crippen MR) is 87.8 cm³/mol. The van der Waals surface area contributed by atoms with Crippen molar-refractivity contribution in [3.8, 4) is 0 Å². The lowest BCUT2D eigenvalue weighted by atomic mass is 10.1. The molecular weight excluding hydrogens is 298 g/mol. The molecule has 0 fully saturated rings. The van der Waals surface area contributed by atoms with Crippen LogP contribution < -0.4 is 4.72 Å². The Hall–Kier alpha value is -2.14. The van der Waals surface area contributed by atoms with Gasteiger partial charge in [0.15, 0.2) is 5.78 Å². The third kappa shape index (κ3) is 3.54. The van der Waals surface area contributed by atoms with E-state index in [1.54, 1.807) is 31.2 Å². The number of carbonyl (C=O) groups is 1. The zero-order chi connectivity index (χ0) is 16.3. The zero-order valence-corrected chi connectivity index (χ0v) is 13.7. The molecule has 0 saturated heterocycles. The summed E-state index contributed by atoms with van der Waals surface area (Å²) < 4.78 is 27.3. The molecule has 22 heavy (non-hydrogen) atoms. The Morgan fingerprint density at radius 3 is 2.18 bits per heavy atom. The topological polar surface area (TPSA) is 63.2 Å². The second-order valence-corrected chi connectivity index (χ2v) is 6.89. The molecule has 5 heteroatoms. The number of sulfonamides is 1. The summed E-state index contributed by atoms with van der Waals surface area (Å²) in [5, 5.41) is 0. The first-order valence-electron chi connectivity index (χ1n) is 7.07. The van der Waals surface area contributed by atoms with Gasteiger partial charge in [0, 0.05) is 17.7 Å². The third-order valence-electron chi connectivity index (χ3n) is 3.57. The molecule has 0 unspecified atom stereocenters. The third-order valence-corrected chi connectivity index (χ3v) is 4.96. The summed E-state index contributed by atoms with van der Waals surface area (Å²) in [5.41, 5.74) is 3.17. The normalized spacial score (nSPS) is 11.2. The second kappa shape index (κ2) is 6.32. The molecule has 0 radical (unpaired) electrons. The number of rotatable bonds is 5. The first kappa shape index (κ1) is 16.2. The Balaban J connectivity index is 2.26. The molecule has 2 rings (SSSR count). The van der Waals surface area contributed by atoms with Crippen molar-refractivity contribution in [2.24, 2.45) is 0 Å². The van der Waals surface area contributed by atoms with E-state index in [1.165, 1.54) is 12.1 Å². The minimum absolute atomic E-state index is 0.00827. The smallest absolute Gasteiger partial charge is 0.261 e. The number of ketones is 1. The van der Waals surface area contributed by atoms with E-state index in [0.717, 1.165) is 11.1 Å². The number of hydrogen-bond acceptors (Lipinski definition) is 3. The van der Waals surface area contributed by atoms with E-state index in [4.69, 9.17) is 0 Å². The number of Topliss-reactive ketones (excluding diaryl/α,β-unsaturated/α-hetero) is 1. The molecule has 1 N–H and O–H groups in total. The number of nitrogens with one attached hydrogen (secondary N) is 1. The summed E-state index contributed by atoms with van der Waals surface area (Å²) >= 11 is 0. The highest BCUT2D eigenvalue weighted by molar-refractivity contribution is 7.92. The molecule has 0 amide bonds. The first-order valence-corrected chi connectivity index (χ1v) is 8.55. The highest BCUT2D eigenvalue weighted by atomic mass is 32.2. The van der Waals surface area contributed by atoms with Gasteiger partial charge in [0.05, 0.1) is 4.90 Å². The second-order valence-electron chi connectivity index (χ2n) is 5.21. The van der Waals surface area contributed by atoms with E-state index in [9.17, 15) is 13.2 Å². The van der Waals surface area contributed by atoms with Crippen molar-refractivity contribution in [2.45, 2.75) is 32.1 Å². The van der Waals surface area contributed by atoms with Gasteiger partial charge in [0.2, 0.25) is 0 Å². The molecular formula is C17H19NO3S. The average Bonchev–Trinajstić information content (AvgIpc) is 2.50. The van der Waals surface area contributed by atoms with Gasteiger partial charge in [-0.1, -0.05) is 25.1 Å². The van der Waals surface area contributed by atoms with Crippen molar-refractivity contribution in [1.82, 2.24) is 0 Å². The summed E-state index contributed by atoms with van der Waals surface area (Å²) in [4.78, 5) is 11.7. The van der Waals surface area contributed by atoms with Crippen LogP contribution in [-0.2, 0) is 10.0 Å². The van der Waals surface area contributed by atoms with Gasteiger partial charge in [-0.25, -0.2) is 8.42 Å². The standard InChI is InChI=1S/C17H19NO3S/c1-4-17(19)14-6-9-16(10-7-14)22(20,21)18-15-8-5-12(2)13(3)11-15/h5-11,18H,4H2,1-3H3. The molecule has 0 aliphatic carbocycles. The minimum atomic E-state index is -3.65. The first-order chi connectivity index (χ1) is 10.3. The molecule has 116 valence electrons. The molecule has 2 aromatic carbocycles. The van der Waals surface area contributed by atoms with Crippen molar-refractivity contribution < 1.29 is 13.2 Å². The van der Waals surface area contributed by atoms with Crippen LogP contribution in [0.1, 0.15) is 34.8 Å². The van der Waals surface area contributed by atoms with Crippen molar-refractivity contribution in [3.05, 3.63) is 59.2 Å². The largest absolute Gasteiger partial charge is 0.294 e. The van der Waals surface area contributed by atoms with Crippen molar-refractivity contribution in [3.63, 3.8) is 0 Å². The molecule has 2 aromatic rings. The van der Waals surface area contributed by atoms with Gasteiger partial charge in [-0.2, -0.15) is 0 Å². The lowest BCUT2D eigenvalue weighted by Crippen LogP contribution is -2.13. The maximum absolute atomic E-state index is 12.4.